The number of anilines is 1. The minimum atomic E-state index is -4.03. The van der Waals surface area contributed by atoms with Crippen molar-refractivity contribution < 1.29 is 13.0 Å². The predicted octanol–water partition coefficient (Wildman–Crippen LogP) is 1.16. The predicted molar refractivity (Wildman–Crippen MR) is 54.7 cm³/mol. The second kappa shape index (κ2) is 3.98. The van der Waals surface area contributed by atoms with Gasteiger partial charge in [-0.2, -0.15) is 8.42 Å². The highest BCUT2D eigenvalue weighted by atomic mass is 32.2. The molecule has 1 rings (SSSR count). The van der Waals surface area contributed by atoms with Crippen LogP contribution in [0.2, 0.25) is 0 Å². The molecule has 0 saturated heterocycles. The molecule has 0 aliphatic rings. The molecule has 0 heterocycles. The molecule has 0 amide bonds. The van der Waals surface area contributed by atoms with Crippen LogP contribution in [0, 0.1) is 6.07 Å². The molecule has 0 bridgehead atoms. The molecule has 0 aliphatic heterocycles. The van der Waals surface area contributed by atoms with Crippen molar-refractivity contribution in [2.75, 3.05) is 11.9 Å². The van der Waals surface area contributed by atoms with Crippen LogP contribution in [0.3, 0.4) is 0 Å². The lowest BCUT2D eigenvalue weighted by Gasteiger charge is -2.24. The summed E-state index contributed by atoms with van der Waals surface area (Å²) in [6.45, 7) is 1.42. The number of benzene rings is 1. The Balaban J connectivity index is 2.92. The van der Waals surface area contributed by atoms with Gasteiger partial charge in [-0.15, -0.1) is 0 Å². The maximum atomic E-state index is 10.9. The zero-order chi connectivity index (χ0) is 10.8. The van der Waals surface area contributed by atoms with Crippen molar-refractivity contribution in [1.82, 2.24) is 0 Å². The van der Waals surface area contributed by atoms with Gasteiger partial charge in [0, 0.05) is 12.7 Å². The standard InChI is InChI=1S/C9H12NO3S/c1-8(14(11,12)13)10(2)9-6-4-3-5-7-9/h4-8H,1-2H3,(H,11,12,13). The van der Waals surface area contributed by atoms with Gasteiger partial charge in [-0.05, 0) is 25.1 Å². The van der Waals surface area contributed by atoms with E-state index in [4.69, 9.17) is 4.55 Å². The Hall–Kier alpha value is -1.07. The summed E-state index contributed by atoms with van der Waals surface area (Å²) >= 11 is 0. The molecule has 1 N–H and O–H groups in total. The molecule has 0 saturated carbocycles. The van der Waals surface area contributed by atoms with Crippen LogP contribution >= 0.6 is 0 Å². The molecular formula is C9H12NO3S. The first-order valence-electron chi connectivity index (χ1n) is 4.08. The molecular weight excluding hydrogens is 202 g/mol. The fourth-order valence-corrected chi connectivity index (χ4v) is 1.54. The van der Waals surface area contributed by atoms with Crippen molar-refractivity contribution in [2.24, 2.45) is 0 Å². The maximum absolute atomic E-state index is 10.9. The lowest BCUT2D eigenvalue weighted by Crippen LogP contribution is -2.35. The summed E-state index contributed by atoms with van der Waals surface area (Å²) in [4.78, 5) is 1.48. The maximum Gasteiger partial charge on any atom is 0.286 e. The lowest BCUT2D eigenvalue weighted by molar-refractivity contribution is 0.469. The van der Waals surface area contributed by atoms with E-state index in [-0.39, 0.29) is 0 Å². The molecule has 4 nitrogen and oxygen atoms in total. The van der Waals surface area contributed by atoms with E-state index in [1.54, 1.807) is 31.3 Å². The number of nitrogens with zero attached hydrogens (tertiary/aromatic N) is 1. The van der Waals surface area contributed by atoms with Gasteiger partial charge in [0.15, 0.2) is 5.37 Å². The van der Waals surface area contributed by atoms with Crippen LogP contribution in [0.4, 0.5) is 5.69 Å². The molecule has 0 spiro atoms. The van der Waals surface area contributed by atoms with Gasteiger partial charge in [0.05, 0.1) is 0 Å². The lowest BCUT2D eigenvalue weighted by atomic mass is 10.3. The highest BCUT2D eigenvalue weighted by molar-refractivity contribution is 7.86. The number of rotatable bonds is 3. The zero-order valence-corrected chi connectivity index (χ0v) is 8.82. The SMILES string of the molecule is CC(N(C)c1cc[c]cc1)S(=O)(=O)O. The monoisotopic (exact) mass is 214 g/mol. The van der Waals surface area contributed by atoms with E-state index >= 15 is 0 Å². The van der Waals surface area contributed by atoms with Crippen molar-refractivity contribution in [3.63, 3.8) is 0 Å². The minimum Gasteiger partial charge on any atom is -0.356 e. The first-order valence-corrected chi connectivity index (χ1v) is 5.58. The van der Waals surface area contributed by atoms with E-state index in [9.17, 15) is 8.42 Å². The Bertz CT molecular complexity index is 388. The average Bonchev–Trinajstić information content (AvgIpc) is 2.15. The topological polar surface area (TPSA) is 57.6 Å². The van der Waals surface area contributed by atoms with Crippen LogP contribution < -0.4 is 4.90 Å². The molecule has 0 aliphatic carbocycles. The van der Waals surface area contributed by atoms with Gasteiger partial charge in [0.2, 0.25) is 0 Å². The molecule has 0 aromatic heterocycles. The summed E-state index contributed by atoms with van der Waals surface area (Å²) in [5.74, 6) is 0. The number of hydrogen-bond donors (Lipinski definition) is 1. The highest BCUT2D eigenvalue weighted by Gasteiger charge is 2.21. The Kier molecular flexibility index (Phi) is 3.13. The second-order valence-electron chi connectivity index (χ2n) is 2.98. The van der Waals surface area contributed by atoms with Crippen LogP contribution in [-0.2, 0) is 10.1 Å². The van der Waals surface area contributed by atoms with Gasteiger partial charge in [0.1, 0.15) is 0 Å². The summed E-state index contributed by atoms with van der Waals surface area (Å²) in [5, 5.41) is -0.954. The molecule has 0 fully saturated rings. The van der Waals surface area contributed by atoms with Crippen molar-refractivity contribution >= 4 is 15.8 Å². The smallest absolute Gasteiger partial charge is 0.286 e. The van der Waals surface area contributed by atoms with Gasteiger partial charge in [-0.1, -0.05) is 12.1 Å². The fourth-order valence-electron chi connectivity index (χ4n) is 1.02. The number of hydrogen-bond acceptors (Lipinski definition) is 3. The van der Waals surface area contributed by atoms with Gasteiger partial charge in [-0.3, -0.25) is 4.55 Å². The van der Waals surface area contributed by atoms with Crippen LogP contribution in [0.5, 0.6) is 0 Å². The Morgan fingerprint density at radius 3 is 2.36 bits per heavy atom. The summed E-state index contributed by atoms with van der Waals surface area (Å²) in [5.41, 5.74) is 0.717. The molecule has 1 unspecified atom stereocenters. The average molecular weight is 214 g/mol. The third kappa shape index (κ3) is 2.46. The molecule has 77 valence electrons. The normalized spacial score (nSPS) is 13.6. The van der Waals surface area contributed by atoms with Crippen LogP contribution in [0.1, 0.15) is 6.92 Å². The van der Waals surface area contributed by atoms with Crippen molar-refractivity contribution in [3.05, 3.63) is 30.3 Å². The fraction of sp³-hybridized carbons (Fsp3) is 0.333. The summed E-state index contributed by atoms with van der Waals surface area (Å²) in [7, 11) is -2.43. The Morgan fingerprint density at radius 2 is 1.93 bits per heavy atom. The van der Waals surface area contributed by atoms with E-state index in [0.29, 0.717) is 5.69 Å². The Morgan fingerprint density at radius 1 is 1.43 bits per heavy atom. The van der Waals surface area contributed by atoms with Gasteiger partial charge in [0.25, 0.3) is 10.1 Å². The van der Waals surface area contributed by atoms with Crippen molar-refractivity contribution in [2.45, 2.75) is 12.3 Å². The van der Waals surface area contributed by atoms with Gasteiger partial charge in [-0.25, -0.2) is 0 Å². The largest absolute Gasteiger partial charge is 0.356 e. The summed E-state index contributed by atoms with van der Waals surface area (Å²) in [6.07, 6.45) is 0. The van der Waals surface area contributed by atoms with Gasteiger partial charge >= 0.3 is 0 Å². The van der Waals surface area contributed by atoms with Crippen molar-refractivity contribution in [1.29, 1.82) is 0 Å². The van der Waals surface area contributed by atoms with Crippen LogP contribution in [0.15, 0.2) is 24.3 Å². The van der Waals surface area contributed by atoms with E-state index in [1.165, 1.54) is 11.8 Å². The first-order chi connectivity index (χ1) is 6.43. The zero-order valence-electron chi connectivity index (χ0n) is 8.01. The summed E-state index contributed by atoms with van der Waals surface area (Å²) < 4.78 is 30.5. The highest BCUT2D eigenvalue weighted by Crippen LogP contribution is 2.15. The molecule has 5 heteroatoms. The Labute approximate surface area is 83.9 Å². The molecule has 14 heavy (non-hydrogen) atoms. The second-order valence-corrected chi connectivity index (χ2v) is 4.70. The van der Waals surface area contributed by atoms with Crippen LogP contribution in [0.25, 0.3) is 0 Å². The van der Waals surface area contributed by atoms with Crippen LogP contribution in [-0.4, -0.2) is 25.4 Å². The molecule has 1 atom stereocenters. The summed E-state index contributed by atoms with van der Waals surface area (Å²) in [6, 6.07) is 9.64. The third-order valence-electron chi connectivity index (χ3n) is 2.08. The first kappa shape index (κ1) is 11.0. The van der Waals surface area contributed by atoms with E-state index in [2.05, 4.69) is 6.07 Å². The van der Waals surface area contributed by atoms with Gasteiger partial charge < -0.3 is 4.90 Å². The van der Waals surface area contributed by atoms with E-state index in [1.807, 2.05) is 0 Å². The third-order valence-corrected chi connectivity index (χ3v) is 3.26. The molecule has 1 radical (unpaired) electrons. The minimum absolute atomic E-state index is 0.717. The van der Waals surface area contributed by atoms with E-state index < -0.39 is 15.5 Å². The van der Waals surface area contributed by atoms with E-state index in [0.717, 1.165) is 0 Å². The quantitative estimate of drug-likeness (QED) is 0.767. The van der Waals surface area contributed by atoms with Crippen molar-refractivity contribution in [3.8, 4) is 0 Å². The molecule has 1 aromatic rings. The molecule has 1 aromatic carbocycles.